The molecule has 2 heterocycles. The average molecular weight is 262 g/mol. The van der Waals surface area contributed by atoms with Crippen LogP contribution in [0.1, 0.15) is 11.3 Å². The van der Waals surface area contributed by atoms with Crippen LogP contribution in [-0.4, -0.2) is 32.5 Å². The molecule has 7 heteroatoms. The fourth-order valence-corrected chi connectivity index (χ4v) is 1.79. The van der Waals surface area contributed by atoms with Crippen molar-refractivity contribution >= 4 is 11.6 Å². The minimum Gasteiger partial charge on any atom is -0.378 e. The van der Waals surface area contributed by atoms with Gasteiger partial charge in [-0.2, -0.15) is 10.2 Å². The van der Waals surface area contributed by atoms with Crippen molar-refractivity contribution in [1.29, 1.82) is 0 Å². The van der Waals surface area contributed by atoms with E-state index in [0.29, 0.717) is 6.54 Å². The summed E-state index contributed by atoms with van der Waals surface area (Å²) in [4.78, 5) is 11.2. The molecule has 0 spiro atoms. The summed E-state index contributed by atoms with van der Waals surface area (Å²) >= 11 is 0. The van der Waals surface area contributed by atoms with Crippen LogP contribution in [0.2, 0.25) is 0 Å². The van der Waals surface area contributed by atoms with Crippen molar-refractivity contribution < 1.29 is 4.79 Å². The second kappa shape index (κ2) is 5.55. The topological polar surface area (TPSA) is 76.8 Å². The van der Waals surface area contributed by atoms with Gasteiger partial charge in [0.05, 0.1) is 17.6 Å². The number of nitrogens with zero attached hydrogens (tertiary/aromatic N) is 4. The number of rotatable bonds is 5. The fourth-order valence-electron chi connectivity index (χ4n) is 1.79. The first-order valence-electron chi connectivity index (χ1n) is 6.04. The maximum absolute atomic E-state index is 11.2. The zero-order chi connectivity index (χ0) is 13.8. The molecule has 0 aliphatic heterocycles. The normalized spacial score (nSPS) is 10.5. The Labute approximate surface area is 111 Å². The Kier molecular flexibility index (Phi) is 3.84. The molecule has 2 aromatic rings. The van der Waals surface area contributed by atoms with Crippen molar-refractivity contribution in [3.63, 3.8) is 0 Å². The Bertz CT molecular complexity index is 571. The monoisotopic (exact) mass is 262 g/mol. The lowest BCUT2D eigenvalue weighted by atomic mass is 10.2. The Balaban J connectivity index is 1.93. The Hall–Kier alpha value is -2.31. The highest BCUT2D eigenvalue weighted by atomic mass is 16.1. The van der Waals surface area contributed by atoms with Gasteiger partial charge in [-0.25, -0.2) is 0 Å². The molecule has 19 heavy (non-hydrogen) atoms. The second-order valence-corrected chi connectivity index (χ2v) is 4.37. The van der Waals surface area contributed by atoms with Gasteiger partial charge < -0.3 is 10.6 Å². The van der Waals surface area contributed by atoms with Gasteiger partial charge >= 0.3 is 0 Å². The molecular formula is C12H18N6O. The highest BCUT2D eigenvalue weighted by Crippen LogP contribution is 2.10. The number of nitrogens with one attached hydrogen (secondary N) is 2. The second-order valence-electron chi connectivity index (χ2n) is 4.37. The van der Waals surface area contributed by atoms with Gasteiger partial charge in [-0.15, -0.1) is 0 Å². The molecule has 0 fully saturated rings. The summed E-state index contributed by atoms with van der Waals surface area (Å²) < 4.78 is 3.39. The summed E-state index contributed by atoms with van der Waals surface area (Å²) in [5.41, 5.74) is 3.03. The summed E-state index contributed by atoms with van der Waals surface area (Å²) in [5.74, 6) is -0.0715. The summed E-state index contributed by atoms with van der Waals surface area (Å²) in [6.07, 6.45) is 5.49. The molecule has 0 atom stereocenters. The molecule has 102 valence electrons. The molecule has 0 aliphatic carbocycles. The van der Waals surface area contributed by atoms with Crippen LogP contribution in [0, 0.1) is 6.92 Å². The number of likely N-dealkylation sites (N-methyl/N-ethyl adjacent to an activating group) is 1. The van der Waals surface area contributed by atoms with Crippen LogP contribution in [0.3, 0.4) is 0 Å². The zero-order valence-electron chi connectivity index (χ0n) is 11.3. The van der Waals surface area contributed by atoms with E-state index in [9.17, 15) is 4.79 Å². The quantitative estimate of drug-likeness (QED) is 0.811. The highest BCUT2D eigenvalue weighted by Gasteiger charge is 2.05. The van der Waals surface area contributed by atoms with Gasteiger partial charge in [0, 0.05) is 38.6 Å². The van der Waals surface area contributed by atoms with Gasteiger partial charge in [0.15, 0.2) is 0 Å². The van der Waals surface area contributed by atoms with Crippen LogP contribution in [0.25, 0.3) is 0 Å². The van der Waals surface area contributed by atoms with Crippen LogP contribution in [0.5, 0.6) is 0 Å². The van der Waals surface area contributed by atoms with E-state index in [1.165, 1.54) is 0 Å². The number of carbonyl (C=O) groups is 1. The molecule has 0 saturated carbocycles. The lowest BCUT2D eigenvalue weighted by Gasteiger charge is -2.02. The van der Waals surface area contributed by atoms with Gasteiger partial charge in [-0.1, -0.05) is 0 Å². The molecule has 0 bridgehead atoms. The number of carbonyl (C=O) groups excluding carboxylic acids is 1. The lowest BCUT2D eigenvalue weighted by Crippen LogP contribution is -2.23. The van der Waals surface area contributed by atoms with E-state index >= 15 is 0 Å². The number of hydrogen-bond donors (Lipinski definition) is 2. The maximum Gasteiger partial charge on any atom is 0.241 e. The van der Waals surface area contributed by atoms with Gasteiger partial charge in [0.1, 0.15) is 6.54 Å². The average Bonchev–Trinajstić information content (AvgIpc) is 2.93. The molecular weight excluding hydrogens is 244 g/mol. The van der Waals surface area contributed by atoms with Crippen LogP contribution in [-0.2, 0) is 24.9 Å². The first kappa shape index (κ1) is 13.1. The van der Waals surface area contributed by atoms with Gasteiger partial charge in [0.25, 0.3) is 0 Å². The van der Waals surface area contributed by atoms with Gasteiger partial charge in [0.2, 0.25) is 5.91 Å². The van der Waals surface area contributed by atoms with E-state index in [2.05, 4.69) is 20.8 Å². The Morgan fingerprint density at radius 1 is 1.42 bits per heavy atom. The predicted molar refractivity (Wildman–Crippen MR) is 71.6 cm³/mol. The van der Waals surface area contributed by atoms with Crippen molar-refractivity contribution in [2.75, 3.05) is 12.4 Å². The molecule has 0 aromatic carbocycles. The van der Waals surface area contributed by atoms with E-state index in [0.717, 1.165) is 16.9 Å². The third-order valence-electron chi connectivity index (χ3n) is 2.82. The fraction of sp³-hybridized carbons (Fsp3) is 0.417. The standard InChI is InChI=1S/C12H18N6O/c1-9-10(6-17(3)16-9)4-14-11-5-15-18(7-11)8-12(19)13-2/h5-7,14H,4,8H2,1-3H3,(H,13,19). The summed E-state index contributed by atoms with van der Waals surface area (Å²) in [6, 6.07) is 0. The molecule has 1 amide bonds. The van der Waals surface area contributed by atoms with Crippen LogP contribution >= 0.6 is 0 Å². The molecule has 2 aromatic heterocycles. The minimum atomic E-state index is -0.0715. The smallest absolute Gasteiger partial charge is 0.241 e. The van der Waals surface area contributed by atoms with Crippen molar-refractivity contribution in [1.82, 2.24) is 24.9 Å². The first-order valence-corrected chi connectivity index (χ1v) is 6.04. The maximum atomic E-state index is 11.2. The van der Waals surface area contributed by atoms with E-state index in [1.54, 1.807) is 28.8 Å². The number of hydrogen-bond acceptors (Lipinski definition) is 4. The number of anilines is 1. The van der Waals surface area contributed by atoms with Crippen molar-refractivity contribution in [3.05, 3.63) is 29.8 Å². The van der Waals surface area contributed by atoms with Gasteiger partial charge in [-0.3, -0.25) is 14.2 Å². The van der Waals surface area contributed by atoms with E-state index in [1.807, 2.05) is 20.2 Å². The van der Waals surface area contributed by atoms with Crippen molar-refractivity contribution in [3.8, 4) is 0 Å². The minimum absolute atomic E-state index is 0.0715. The molecule has 0 saturated heterocycles. The zero-order valence-corrected chi connectivity index (χ0v) is 11.3. The predicted octanol–water partition coefficient (Wildman–Crippen LogP) is 0.283. The summed E-state index contributed by atoms with van der Waals surface area (Å²) in [7, 11) is 3.51. The van der Waals surface area contributed by atoms with Crippen LogP contribution in [0.4, 0.5) is 5.69 Å². The highest BCUT2D eigenvalue weighted by molar-refractivity contribution is 5.75. The third-order valence-corrected chi connectivity index (χ3v) is 2.82. The molecule has 0 radical (unpaired) electrons. The van der Waals surface area contributed by atoms with E-state index in [-0.39, 0.29) is 12.5 Å². The summed E-state index contributed by atoms with van der Waals surface area (Å²) in [6.45, 7) is 2.89. The number of aryl methyl sites for hydroxylation is 2. The molecule has 2 N–H and O–H groups in total. The van der Waals surface area contributed by atoms with Crippen molar-refractivity contribution in [2.45, 2.75) is 20.0 Å². The molecule has 2 rings (SSSR count). The van der Waals surface area contributed by atoms with Crippen molar-refractivity contribution in [2.24, 2.45) is 7.05 Å². The van der Waals surface area contributed by atoms with E-state index < -0.39 is 0 Å². The lowest BCUT2D eigenvalue weighted by molar-refractivity contribution is -0.121. The SMILES string of the molecule is CNC(=O)Cn1cc(NCc2cn(C)nc2C)cn1. The third kappa shape index (κ3) is 3.34. The number of aromatic nitrogens is 4. The molecule has 7 nitrogen and oxygen atoms in total. The Morgan fingerprint density at radius 2 is 2.21 bits per heavy atom. The Morgan fingerprint density at radius 3 is 2.84 bits per heavy atom. The molecule has 0 aliphatic rings. The summed E-state index contributed by atoms with van der Waals surface area (Å²) in [5, 5.41) is 14.2. The number of amides is 1. The van der Waals surface area contributed by atoms with Gasteiger partial charge in [-0.05, 0) is 6.92 Å². The first-order chi connectivity index (χ1) is 9.08. The van der Waals surface area contributed by atoms with Crippen LogP contribution in [0.15, 0.2) is 18.6 Å². The van der Waals surface area contributed by atoms with Crippen LogP contribution < -0.4 is 10.6 Å². The largest absolute Gasteiger partial charge is 0.378 e. The van der Waals surface area contributed by atoms with E-state index in [4.69, 9.17) is 0 Å². The molecule has 0 unspecified atom stereocenters.